The first-order chi connectivity index (χ1) is 13.6. The lowest BCUT2D eigenvalue weighted by molar-refractivity contribution is 0.315. The predicted octanol–water partition coefficient (Wildman–Crippen LogP) is 2.88. The Hall–Kier alpha value is -2.67. The number of pyridine rings is 1. The lowest BCUT2D eigenvalue weighted by Crippen LogP contribution is -2.51. The Morgan fingerprint density at radius 2 is 2.00 bits per heavy atom. The van der Waals surface area contributed by atoms with Gasteiger partial charge in [-0.2, -0.15) is 5.10 Å². The largest absolute Gasteiger partial charge is 0.491 e. The molecule has 1 N–H and O–H groups in total. The summed E-state index contributed by atoms with van der Waals surface area (Å²) >= 11 is 5.58. The summed E-state index contributed by atoms with van der Waals surface area (Å²) in [7, 11) is 0. The molecule has 4 rings (SSSR count). The lowest BCUT2D eigenvalue weighted by atomic mass is 10.1. The van der Waals surface area contributed by atoms with Crippen molar-refractivity contribution in [1.29, 1.82) is 0 Å². The fraction of sp³-hybridized carbons (Fsp3) is 0.381. The number of anilines is 1. The number of hydrogen-bond donors (Lipinski definition) is 1. The summed E-state index contributed by atoms with van der Waals surface area (Å²) < 4.78 is 5.75. The van der Waals surface area contributed by atoms with Crippen molar-refractivity contribution in [1.82, 2.24) is 15.3 Å². The van der Waals surface area contributed by atoms with E-state index in [-0.39, 0.29) is 0 Å². The van der Waals surface area contributed by atoms with Gasteiger partial charge >= 0.3 is 0 Å². The van der Waals surface area contributed by atoms with Crippen LogP contribution in [0, 0.1) is 13.8 Å². The van der Waals surface area contributed by atoms with Gasteiger partial charge in [0.25, 0.3) is 0 Å². The van der Waals surface area contributed by atoms with E-state index in [1.807, 2.05) is 13.0 Å². The Kier molecular flexibility index (Phi) is 5.43. The number of aryl methyl sites for hydroxylation is 2. The molecule has 146 valence electrons. The topological polar surface area (TPSA) is 53.0 Å². The Labute approximate surface area is 171 Å². The summed E-state index contributed by atoms with van der Waals surface area (Å²) in [5.74, 6) is 0.826. The normalized spacial score (nSPS) is 17.9. The number of ether oxygens (including phenoxy) is 1. The molecule has 0 bridgehead atoms. The van der Waals surface area contributed by atoms with Gasteiger partial charge in [-0.25, -0.2) is 0 Å². The lowest BCUT2D eigenvalue weighted by Gasteiger charge is -2.37. The van der Waals surface area contributed by atoms with E-state index in [0.29, 0.717) is 11.7 Å². The van der Waals surface area contributed by atoms with Gasteiger partial charge < -0.3 is 14.5 Å². The van der Waals surface area contributed by atoms with Crippen LogP contribution in [0.2, 0.25) is 0 Å². The quantitative estimate of drug-likeness (QED) is 0.623. The number of benzene rings is 1. The molecule has 2 aromatic rings. The van der Waals surface area contributed by atoms with E-state index in [4.69, 9.17) is 17.0 Å². The second kappa shape index (κ2) is 8.14. The van der Waals surface area contributed by atoms with Gasteiger partial charge in [0.05, 0.1) is 12.3 Å². The molecule has 0 aliphatic carbocycles. The van der Waals surface area contributed by atoms with Crippen LogP contribution in [0.15, 0.2) is 41.6 Å². The highest BCUT2D eigenvalue weighted by Gasteiger charge is 2.22. The monoisotopic (exact) mass is 395 g/mol. The predicted molar refractivity (Wildman–Crippen MR) is 116 cm³/mol. The van der Waals surface area contributed by atoms with E-state index in [2.05, 4.69) is 56.5 Å². The maximum absolute atomic E-state index is 5.75. The first kappa shape index (κ1) is 18.7. The second-order valence-electron chi connectivity index (χ2n) is 7.19. The van der Waals surface area contributed by atoms with Crippen molar-refractivity contribution in [3.05, 3.63) is 53.3 Å². The van der Waals surface area contributed by atoms with E-state index in [1.165, 1.54) is 11.3 Å². The van der Waals surface area contributed by atoms with Gasteiger partial charge in [0.1, 0.15) is 11.4 Å². The molecule has 7 heteroatoms. The Balaban J connectivity index is 1.37. The molecule has 0 radical (unpaired) electrons. The molecule has 6 nitrogen and oxygen atoms in total. The van der Waals surface area contributed by atoms with Gasteiger partial charge in [-0.1, -0.05) is 12.1 Å². The van der Waals surface area contributed by atoms with Crippen LogP contribution < -0.4 is 15.1 Å². The van der Waals surface area contributed by atoms with Crippen LogP contribution in [0.4, 0.5) is 5.69 Å². The van der Waals surface area contributed by atoms with Gasteiger partial charge in [0.15, 0.2) is 5.11 Å². The maximum Gasteiger partial charge on any atom is 0.189 e. The zero-order chi connectivity index (χ0) is 19.5. The number of rotatable bonds is 2. The summed E-state index contributed by atoms with van der Waals surface area (Å²) in [5, 5.41) is 5.22. The molecular weight excluding hydrogens is 370 g/mol. The van der Waals surface area contributed by atoms with Gasteiger partial charge in [0.2, 0.25) is 0 Å². The standard InChI is InChI=1S/C21H25N5OS/c1-15-4-3-5-17(14-15)25-9-11-26(12-10-25)21(28)24-23-18-7-13-27-20-16(2)6-8-22-19(18)20/h3-6,8,14H,7,9-13H2,1-2H3,(H,24,28)/b23-18-. The Morgan fingerprint density at radius 1 is 1.18 bits per heavy atom. The van der Waals surface area contributed by atoms with E-state index in [1.54, 1.807) is 6.20 Å². The molecule has 3 heterocycles. The molecule has 0 atom stereocenters. The Bertz CT molecular complexity index is 905. The molecule has 1 saturated heterocycles. The first-order valence-electron chi connectivity index (χ1n) is 9.63. The fourth-order valence-corrected chi connectivity index (χ4v) is 3.82. The molecule has 0 spiro atoms. The second-order valence-corrected chi connectivity index (χ2v) is 7.58. The van der Waals surface area contributed by atoms with Crippen LogP contribution in [0.1, 0.15) is 23.2 Å². The van der Waals surface area contributed by atoms with Crippen molar-refractivity contribution in [2.45, 2.75) is 20.3 Å². The summed E-state index contributed by atoms with van der Waals surface area (Å²) in [4.78, 5) is 9.02. The van der Waals surface area contributed by atoms with Crippen molar-refractivity contribution in [2.75, 3.05) is 37.7 Å². The average Bonchev–Trinajstić information content (AvgIpc) is 2.72. The molecule has 1 aromatic carbocycles. The number of thiocarbonyl (C=S) groups is 1. The fourth-order valence-electron chi connectivity index (χ4n) is 3.59. The molecule has 28 heavy (non-hydrogen) atoms. The highest BCUT2D eigenvalue weighted by molar-refractivity contribution is 7.80. The van der Waals surface area contributed by atoms with Crippen LogP contribution in [-0.2, 0) is 0 Å². The van der Waals surface area contributed by atoms with E-state index >= 15 is 0 Å². The third-order valence-electron chi connectivity index (χ3n) is 5.18. The van der Waals surface area contributed by atoms with Gasteiger partial charge in [0, 0.05) is 44.5 Å². The summed E-state index contributed by atoms with van der Waals surface area (Å²) in [6.45, 7) is 8.40. The molecule has 0 amide bonds. The van der Waals surface area contributed by atoms with E-state index in [9.17, 15) is 0 Å². The number of hydrogen-bond acceptors (Lipinski definition) is 5. The average molecular weight is 396 g/mol. The van der Waals surface area contributed by atoms with Crippen molar-refractivity contribution >= 4 is 28.7 Å². The number of fused-ring (bicyclic) bond motifs is 1. The highest BCUT2D eigenvalue weighted by Crippen LogP contribution is 2.26. The molecule has 2 aliphatic rings. The minimum Gasteiger partial charge on any atom is -0.491 e. The van der Waals surface area contributed by atoms with Crippen LogP contribution in [0.5, 0.6) is 5.75 Å². The van der Waals surface area contributed by atoms with Crippen molar-refractivity contribution in [3.63, 3.8) is 0 Å². The van der Waals surface area contributed by atoms with Crippen molar-refractivity contribution < 1.29 is 4.74 Å². The number of nitrogens with one attached hydrogen (secondary N) is 1. The van der Waals surface area contributed by atoms with Crippen LogP contribution in [0.3, 0.4) is 0 Å². The zero-order valence-corrected chi connectivity index (χ0v) is 17.1. The zero-order valence-electron chi connectivity index (χ0n) is 16.3. The first-order valence-corrected chi connectivity index (χ1v) is 10.0. The summed E-state index contributed by atoms with van der Waals surface area (Å²) in [6.07, 6.45) is 2.52. The SMILES string of the molecule is Cc1cccc(N2CCN(C(=S)N/N=C3/CCOc4c(C)ccnc43)CC2)c1. The van der Waals surface area contributed by atoms with Crippen molar-refractivity contribution in [3.8, 4) is 5.75 Å². The van der Waals surface area contributed by atoms with Crippen LogP contribution in [0.25, 0.3) is 0 Å². The molecule has 1 fully saturated rings. The minimum absolute atomic E-state index is 0.613. The molecule has 0 saturated carbocycles. The van der Waals surface area contributed by atoms with Gasteiger partial charge in [-0.05, 0) is 55.4 Å². The number of nitrogens with zero attached hydrogens (tertiary/aromatic N) is 4. The minimum atomic E-state index is 0.613. The smallest absolute Gasteiger partial charge is 0.189 e. The van der Waals surface area contributed by atoms with Crippen molar-refractivity contribution in [2.24, 2.45) is 5.10 Å². The molecular formula is C21H25N5OS. The Morgan fingerprint density at radius 3 is 2.79 bits per heavy atom. The molecule has 2 aliphatic heterocycles. The number of hydrazone groups is 1. The van der Waals surface area contributed by atoms with E-state index in [0.717, 1.165) is 55.3 Å². The van der Waals surface area contributed by atoms with Gasteiger partial charge in [-0.15, -0.1) is 0 Å². The van der Waals surface area contributed by atoms with Gasteiger partial charge in [-0.3, -0.25) is 10.4 Å². The van der Waals surface area contributed by atoms with Crippen LogP contribution in [-0.4, -0.2) is 53.5 Å². The summed E-state index contributed by atoms with van der Waals surface area (Å²) in [6, 6.07) is 10.6. The highest BCUT2D eigenvalue weighted by atomic mass is 32.1. The molecule has 1 aromatic heterocycles. The number of piperazine rings is 1. The maximum atomic E-state index is 5.75. The third kappa shape index (κ3) is 3.94. The van der Waals surface area contributed by atoms with Crippen LogP contribution >= 0.6 is 12.2 Å². The number of aromatic nitrogens is 1. The summed E-state index contributed by atoms with van der Waals surface area (Å²) in [5.41, 5.74) is 8.42. The third-order valence-corrected chi connectivity index (χ3v) is 5.53. The molecule has 0 unspecified atom stereocenters. The van der Waals surface area contributed by atoms with E-state index < -0.39 is 0 Å².